The van der Waals surface area contributed by atoms with E-state index < -0.39 is 0 Å². The average molecular weight is 493 g/mol. The van der Waals surface area contributed by atoms with Gasteiger partial charge < -0.3 is 4.90 Å². The molecule has 0 atom stereocenters. The van der Waals surface area contributed by atoms with Gasteiger partial charge in [0, 0.05) is 49.9 Å². The molecule has 3 aromatic heterocycles. The van der Waals surface area contributed by atoms with Crippen LogP contribution in [0.1, 0.15) is 34.8 Å². The molecule has 4 heterocycles. The molecule has 1 aromatic carbocycles. The minimum atomic E-state index is 0.189. The van der Waals surface area contributed by atoms with Crippen molar-refractivity contribution < 1.29 is 4.79 Å². The maximum atomic E-state index is 13.0. The zero-order valence-corrected chi connectivity index (χ0v) is 21.0. The first-order valence-corrected chi connectivity index (χ1v) is 12.3. The van der Waals surface area contributed by atoms with Gasteiger partial charge in [0.1, 0.15) is 0 Å². The molecule has 1 saturated heterocycles. The van der Waals surface area contributed by atoms with E-state index in [-0.39, 0.29) is 5.91 Å². The molecule has 5 rings (SSSR count). The van der Waals surface area contributed by atoms with Gasteiger partial charge in [-0.1, -0.05) is 29.8 Å². The maximum Gasteiger partial charge on any atom is 0.222 e. The van der Waals surface area contributed by atoms with Crippen LogP contribution in [-0.2, 0) is 17.8 Å². The number of hydrogen-bond acceptors (Lipinski definition) is 6. The monoisotopic (exact) mass is 492 g/mol. The Morgan fingerprint density at radius 1 is 0.971 bits per heavy atom. The van der Waals surface area contributed by atoms with E-state index in [1.54, 1.807) is 4.52 Å². The molecule has 0 aliphatic carbocycles. The van der Waals surface area contributed by atoms with Crippen LogP contribution in [0.2, 0.25) is 5.02 Å². The Kier molecular flexibility index (Phi) is 6.53. The predicted molar refractivity (Wildman–Crippen MR) is 134 cm³/mol. The number of hydrogen-bond donors (Lipinski definition) is 0. The molecule has 9 nitrogen and oxygen atoms in total. The first-order chi connectivity index (χ1) is 16.9. The molecule has 1 amide bonds. The van der Waals surface area contributed by atoms with Crippen LogP contribution in [0.3, 0.4) is 0 Å². The first-order valence-electron chi connectivity index (χ1n) is 11.9. The molecule has 1 aliphatic rings. The minimum Gasteiger partial charge on any atom is -0.340 e. The lowest BCUT2D eigenvalue weighted by atomic mass is 10.1. The summed E-state index contributed by atoms with van der Waals surface area (Å²) in [5.74, 6) is 1.61. The van der Waals surface area contributed by atoms with Gasteiger partial charge in [-0.3, -0.25) is 9.69 Å². The number of aryl methyl sites for hydroxylation is 2. The van der Waals surface area contributed by atoms with Gasteiger partial charge in [-0.15, -0.1) is 15.3 Å². The van der Waals surface area contributed by atoms with Crippen LogP contribution in [-0.4, -0.2) is 71.5 Å². The third kappa shape index (κ3) is 4.78. The minimum absolute atomic E-state index is 0.189. The van der Waals surface area contributed by atoms with Crippen LogP contribution < -0.4 is 0 Å². The largest absolute Gasteiger partial charge is 0.340 e. The van der Waals surface area contributed by atoms with E-state index in [1.165, 1.54) is 0 Å². The van der Waals surface area contributed by atoms with Crippen molar-refractivity contribution in [1.29, 1.82) is 0 Å². The van der Waals surface area contributed by atoms with Gasteiger partial charge in [0.15, 0.2) is 17.3 Å². The predicted octanol–water partition coefficient (Wildman–Crippen LogP) is 3.17. The Bertz CT molecular complexity index is 1370. The molecule has 0 spiro atoms. The van der Waals surface area contributed by atoms with Crippen LogP contribution in [0.4, 0.5) is 0 Å². The lowest BCUT2D eigenvalue weighted by molar-refractivity contribution is -0.133. The Morgan fingerprint density at radius 3 is 2.51 bits per heavy atom. The van der Waals surface area contributed by atoms with E-state index in [1.807, 2.05) is 60.7 Å². The molecule has 182 valence electrons. The number of carbonyl (C=O) groups is 1. The van der Waals surface area contributed by atoms with Crippen molar-refractivity contribution in [3.63, 3.8) is 0 Å². The second-order valence-electron chi connectivity index (χ2n) is 9.02. The summed E-state index contributed by atoms with van der Waals surface area (Å²) in [6.45, 7) is 9.87. The molecule has 35 heavy (non-hydrogen) atoms. The number of rotatable bonds is 6. The van der Waals surface area contributed by atoms with Crippen LogP contribution in [0.15, 0.2) is 36.4 Å². The maximum absolute atomic E-state index is 13.0. The normalized spacial score (nSPS) is 14.7. The number of amides is 1. The van der Waals surface area contributed by atoms with E-state index in [9.17, 15) is 4.79 Å². The van der Waals surface area contributed by atoms with E-state index in [0.29, 0.717) is 24.3 Å². The van der Waals surface area contributed by atoms with E-state index in [0.717, 1.165) is 66.1 Å². The van der Waals surface area contributed by atoms with Crippen molar-refractivity contribution in [3.05, 3.63) is 69.8 Å². The van der Waals surface area contributed by atoms with Crippen molar-refractivity contribution in [2.24, 2.45) is 0 Å². The number of piperazine rings is 1. The Hall–Kier alpha value is -3.30. The van der Waals surface area contributed by atoms with Gasteiger partial charge in [-0.2, -0.15) is 9.61 Å². The zero-order chi connectivity index (χ0) is 24.5. The molecule has 4 aromatic rings. The van der Waals surface area contributed by atoms with Crippen molar-refractivity contribution in [3.8, 4) is 5.82 Å². The zero-order valence-electron chi connectivity index (χ0n) is 20.3. The number of carbonyl (C=O) groups excluding carboxylic acids is 1. The molecule has 1 aliphatic heterocycles. The van der Waals surface area contributed by atoms with Crippen LogP contribution >= 0.6 is 11.6 Å². The highest BCUT2D eigenvalue weighted by atomic mass is 35.5. The van der Waals surface area contributed by atoms with Crippen LogP contribution in [0, 0.1) is 20.8 Å². The van der Waals surface area contributed by atoms with Crippen LogP contribution in [0.25, 0.3) is 11.5 Å². The lowest BCUT2D eigenvalue weighted by Gasteiger charge is -2.35. The van der Waals surface area contributed by atoms with E-state index in [4.69, 9.17) is 16.7 Å². The third-order valence-electron chi connectivity index (χ3n) is 6.73. The summed E-state index contributed by atoms with van der Waals surface area (Å²) >= 11 is 6.31. The number of aromatic nitrogens is 6. The highest BCUT2D eigenvalue weighted by molar-refractivity contribution is 6.31. The van der Waals surface area contributed by atoms with Gasteiger partial charge in [-0.25, -0.2) is 4.68 Å². The summed E-state index contributed by atoms with van der Waals surface area (Å²) in [7, 11) is 0. The molecule has 0 unspecified atom stereocenters. The quantitative estimate of drug-likeness (QED) is 0.411. The van der Waals surface area contributed by atoms with Gasteiger partial charge in [0.05, 0.1) is 5.69 Å². The van der Waals surface area contributed by atoms with E-state index in [2.05, 4.69) is 26.3 Å². The molecule has 1 fully saturated rings. The summed E-state index contributed by atoms with van der Waals surface area (Å²) in [4.78, 5) is 17.3. The van der Waals surface area contributed by atoms with Crippen molar-refractivity contribution in [2.45, 2.75) is 40.2 Å². The Morgan fingerprint density at radius 2 is 1.74 bits per heavy atom. The molecular weight excluding hydrogens is 464 g/mol. The molecule has 10 heteroatoms. The van der Waals surface area contributed by atoms with Gasteiger partial charge in [-0.05, 0) is 56.5 Å². The lowest BCUT2D eigenvalue weighted by Crippen LogP contribution is -2.48. The number of nitrogens with zero attached hydrogens (tertiary/aromatic N) is 8. The molecule has 0 radical (unpaired) electrons. The van der Waals surface area contributed by atoms with E-state index >= 15 is 0 Å². The number of benzene rings is 1. The molecular formula is C25H29ClN8O. The number of fused-ring (bicyclic) bond motifs is 1. The fourth-order valence-corrected chi connectivity index (χ4v) is 4.87. The molecule has 0 saturated carbocycles. The average Bonchev–Trinajstić information content (AvgIpc) is 3.37. The summed E-state index contributed by atoms with van der Waals surface area (Å²) in [6.07, 6.45) is 1.12. The molecule has 0 N–H and O–H groups in total. The highest BCUT2D eigenvalue weighted by Crippen LogP contribution is 2.21. The summed E-state index contributed by atoms with van der Waals surface area (Å²) in [5, 5.41) is 18.3. The fraction of sp³-hybridized carbons (Fsp3) is 0.400. The SMILES string of the molecule is Cc1nn(-c2ccc3nnc(C)n3n2)c(C)c1CCC(=O)N1CCN(Cc2ccccc2Cl)CC1. The van der Waals surface area contributed by atoms with Crippen molar-refractivity contribution in [1.82, 2.24) is 39.4 Å². The second-order valence-corrected chi connectivity index (χ2v) is 9.43. The Labute approximate surface area is 209 Å². The Balaban J connectivity index is 1.20. The first kappa shape index (κ1) is 23.4. The fourth-order valence-electron chi connectivity index (χ4n) is 4.67. The standard InChI is InChI=1S/C25H29ClN8O/c1-17-21(18(2)33(29-17)24-10-9-23-28-27-19(3)34(23)30-24)8-11-25(35)32-14-12-31(13-15-32)16-20-6-4-5-7-22(20)26/h4-7,9-10H,8,11-16H2,1-3H3. The van der Waals surface area contributed by atoms with Gasteiger partial charge in [0.25, 0.3) is 0 Å². The van der Waals surface area contributed by atoms with Gasteiger partial charge in [0.2, 0.25) is 5.91 Å². The van der Waals surface area contributed by atoms with Crippen molar-refractivity contribution in [2.75, 3.05) is 26.2 Å². The molecule has 0 bridgehead atoms. The summed E-state index contributed by atoms with van der Waals surface area (Å²) in [5.41, 5.74) is 4.84. The van der Waals surface area contributed by atoms with Crippen molar-refractivity contribution >= 4 is 23.2 Å². The topological polar surface area (TPSA) is 84.4 Å². The smallest absolute Gasteiger partial charge is 0.222 e. The summed E-state index contributed by atoms with van der Waals surface area (Å²) < 4.78 is 3.54. The highest BCUT2D eigenvalue weighted by Gasteiger charge is 2.23. The third-order valence-corrected chi connectivity index (χ3v) is 7.10. The van der Waals surface area contributed by atoms with Crippen LogP contribution in [0.5, 0.6) is 0 Å². The summed E-state index contributed by atoms with van der Waals surface area (Å²) in [6, 6.07) is 11.7. The number of halogens is 1. The second kappa shape index (κ2) is 9.75. The van der Waals surface area contributed by atoms with Gasteiger partial charge >= 0.3 is 0 Å².